The minimum atomic E-state index is 1.04. The second-order valence-electron chi connectivity index (χ2n) is 2.65. The van der Waals surface area contributed by atoms with Crippen molar-refractivity contribution in [2.45, 2.75) is 0 Å². The predicted molar refractivity (Wildman–Crippen MR) is 52.8 cm³/mol. The standard InChI is InChI=1S/C11H9N2/c1-2-4-10(5-3-1)13-11-6-8-12-9-7-11/h2-9H,(H,12,13). The SMILES string of the molecule is [c]1ccc(Nc2ccncc2)cc1. The smallest absolute Gasteiger partial charge is 0.0415 e. The highest BCUT2D eigenvalue weighted by Gasteiger charge is 1.90. The van der Waals surface area contributed by atoms with Crippen LogP contribution in [0.25, 0.3) is 0 Å². The zero-order valence-electron chi connectivity index (χ0n) is 7.07. The number of benzene rings is 1. The molecule has 0 amide bonds. The quantitative estimate of drug-likeness (QED) is 0.747. The number of hydrogen-bond acceptors (Lipinski definition) is 2. The van der Waals surface area contributed by atoms with Gasteiger partial charge in [-0.1, -0.05) is 12.1 Å². The second-order valence-corrected chi connectivity index (χ2v) is 2.65. The van der Waals surface area contributed by atoms with E-state index in [-0.39, 0.29) is 0 Å². The molecule has 0 saturated heterocycles. The number of rotatable bonds is 2. The lowest BCUT2D eigenvalue weighted by atomic mass is 10.3. The Balaban J connectivity index is 2.16. The number of nitrogens with zero attached hydrogens (tertiary/aromatic N) is 1. The first-order valence-corrected chi connectivity index (χ1v) is 4.08. The number of aromatic nitrogens is 1. The monoisotopic (exact) mass is 169 g/mol. The van der Waals surface area contributed by atoms with Gasteiger partial charge in [-0.15, -0.1) is 0 Å². The van der Waals surface area contributed by atoms with Crippen molar-refractivity contribution in [3.05, 3.63) is 54.9 Å². The Kier molecular flexibility index (Phi) is 2.23. The topological polar surface area (TPSA) is 24.9 Å². The van der Waals surface area contributed by atoms with E-state index in [0.717, 1.165) is 11.4 Å². The van der Waals surface area contributed by atoms with Crippen LogP contribution in [0, 0.1) is 6.07 Å². The molecule has 0 aliphatic heterocycles. The summed E-state index contributed by atoms with van der Waals surface area (Å²) in [4.78, 5) is 3.94. The first-order valence-electron chi connectivity index (χ1n) is 4.08. The first-order chi connectivity index (χ1) is 6.45. The zero-order chi connectivity index (χ0) is 8.93. The van der Waals surface area contributed by atoms with E-state index in [9.17, 15) is 0 Å². The summed E-state index contributed by atoms with van der Waals surface area (Å²) in [5.41, 5.74) is 2.10. The van der Waals surface area contributed by atoms with Crippen molar-refractivity contribution < 1.29 is 0 Å². The summed E-state index contributed by atoms with van der Waals surface area (Å²) >= 11 is 0. The number of anilines is 2. The van der Waals surface area contributed by atoms with Crippen LogP contribution in [-0.2, 0) is 0 Å². The van der Waals surface area contributed by atoms with Crippen LogP contribution in [0.5, 0.6) is 0 Å². The Bertz CT molecular complexity index is 319. The van der Waals surface area contributed by atoms with Gasteiger partial charge in [-0.3, -0.25) is 4.98 Å². The summed E-state index contributed by atoms with van der Waals surface area (Å²) in [6, 6.07) is 14.5. The van der Waals surface area contributed by atoms with Gasteiger partial charge in [0.2, 0.25) is 0 Å². The number of hydrogen-bond donors (Lipinski definition) is 1. The molecule has 2 rings (SSSR count). The molecule has 0 bridgehead atoms. The molecule has 1 N–H and O–H groups in total. The molecule has 0 aliphatic carbocycles. The summed E-state index contributed by atoms with van der Waals surface area (Å²) in [5.74, 6) is 0. The van der Waals surface area contributed by atoms with Crippen molar-refractivity contribution in [3.63, 3.8) is 0 Å². The molecule has 0 unspecified atom stereocenters. The van der Waals surface area contributed by atoms with Crippen LogP contribution in [0.1, 0.15) is 0 Å². The van der Waals surface area contributed by atoms with Crippen LogP contribution in [-0.4, -0.2) is 4.98 Å². The van der Waals surface area contributed by atoms with Crippen molar-refractivity contribution in [2.24, 2.45) is 0 Å². The van der Waals surface area contributed by atoms with Gasteiger partial charge in [0, 0.05) is 23.8 Å². The fraction of sp³-hybridized carbons (Fsp3) is 0. The summed E-state index contributed by atoms with van der Waals surface area (Å²) < 4.78 is 0. The summed E-state index contributed by atoms with van der Waals surface area (Å²) in [5, 5.41) is 3.24. The van der Waals surface area contributed by atoms with Gasteiger partial charge < -0.3 is 5.32 Å². The van der Waals surface area contributed by atoms with Crippen molar-refractivity contribution in [3.8, 4) is 0 Å². The van der Waals surface area contributed by atoms with Crippen LogP contribution in [0.4, 0.5) is 11.4 Å². The van der Waals surface area contributed by atoms with E-state index in [1.807, 2.05) is 36.4 Å². The van der Waals surface area contributed by atoms with E-state index in [2.05, 4.69) is 16.4 Å². The minimum absolute atomic E-state index is 1.04. The lowest BCUT2D eigenvalue weighted by molar-refractivity contribution is 1.32. The van der Waals surface area contributed by atoms with Crippen molar-refractivity contribution in [1.29, 1.82) is 0 Å². The van der Waals surface area contributed by atoms with Crippen LogP contribution < -0.4 is 5.32 Å². The molecular formula is C11H9N2. The lowest BCUT2D eigenvalue weighted by Gasteiger charge is -2.04. The fourth-order valence-electron chi connectivity index (χ4n) is 1.07. The van der Waals surface area contributed by atoms with Gasteiger partial charge in [-0.05, 0) is 30.3 Å². The van der Waals surface area contributed by atoms with E-state index in [1.165, 1.54) is 0 Å². The lowest BCUT2D eigenvalue weighted by Crippen LogP contribution is -1.88. The molecule has 1 aromatic heterocycles. The van der Waals surface area contributed by atoms with Crippen LogP contribution in [0.2, 0.25) is 0 Å². The van der Waals surface area contributed by atoms with Gasteiger partial charge in [0.25, 0.3) is 0 Å². The maximum Gasteiger partial charge on any atom is 0.0415 e. The number of pyridine rings is 1. The molecule has 0 fully saturated rings. The molecule has 1 heterocycles. The van der Waals surface area contributed by atoms with E-state index in [0.29, 0.717) is 0 Å². The minimum Gasteiger partial charge on any atom is -0.355 e. The highest BCUT2D eigenvalue weighted by molar-refractivity contribution is 5.58. The molecule has 13 heavy (non-hydrogen) atoms. The highest BCUT2D eigenvalue weighted by Crippen LogP contribution is 2.13. The second kappa shape index (κ2) is 3.72. The summed E-state index contributed by atoms with van der Waals surface area (Å²) in [6.07, 6.45) is 3.52. The zero-order valence-corrected chi connectivity index (χ0v) is 7.07. The Labute approximate surface area is 77.3 Å². The van der Waals surface area contributed by atoms with Gasteiger partial charge in [-0.25, -0.2) is 0 Å². The van der Waals surface area contributed by atoms with Gasteiger partial charge in [-0.2, -0.15) is 0 Å². The first kappa shape index (κ1) is 7.80. The van der Waals surface area contributed by atoms with Crippen LogP contribution >= 0.6 is 0 Å². The molecular weight excluding hydrogens is 160 g/mol. The van der Waals surface area contributed by atoms with Crippen molar-refractivity contribution >= 4 is 11.4 Å². The Hall–Kier alpha value is -1.83. The molecule has 2 nitrogen and oxygen atoms in total. The third-order valence-corrected chi connectivity index (χ3v) is 1.69. The third kappa shape index (κ3) is 2.06. The molecule has 2 heteroatoms. The van der Waals surface area contributed by atoms with E-state index in [4.69, 9.17) is 0 Å². The predicted octanol–water partition coefficient (Wildman–Crippen LogP) is 2.63. The molecule has 63 valence electrons. The Morgan fingerprint density at radius 3 is 2.23 bits per heavy atom. The van der Waals surface area contributed by atoms with Crippen LogP contribution in [0.3, 0.4) is 0 Å². The normalized spacial score (nSPS) is 9.54. The number of nitrogens with one attached hydrogen (secondary N) is 1. The van der Waals surface area contributed by atoms with Crippen LogP contribution in [0.15, 0.2) is 48.8 Å². The van der Waals surface area contributed by atoms with Crippen molar-refractivity contribution in [2.75, 3.05) is 5.32 Å². The largest absolute Gasteiger partial charge is 0.355 e. The Morgan fingerprint density at radius 1 is 0.923 bits per heavy atom. The molecule has 0 atom stereocenters. The maximum absolute atomic E-state index is 3.94. The van der Waals surface area contributed by atoms with E-state index < -0.39 is 0 Å². The fourth-order valence-corrected chi connectivity index (χ4v) is 1.07. The molecule has 2 aromatic rings. The van der Waals surface area contributed by atoms with E-state index >= 15 is 0 Å². The van der Waals surface area contributed by atoms with Gasteiger partial charge in [0.15, 0.2) is 0 Å². The van der Waals surface area contributed by atoms with Gasteiger partial charge in [0.05, 0.1) is 0 Å². The average Bonchev–Trinajstić information content (AvgIpc) is 2.21. The molecule has 1 radical (unpaired) electrons. The maximum atomic E-state index is 3.94. The van der Waals surface area contributed by atoms with E-state index in [1.54, 1.807) is 12.4 Å². The Morgan fingerprint density at radius 2 is 1.54 bits per heavy atom. The molecule has 1 aromatic carbocycles. The summed E-state index contributed by atoms with van der Waals surface area (Å²) in [6.45, 7) is 0. The average molecular weight is 169 g/mol. The summed E-state index contributed by atoms with van der Waals surface area (Å²) in [7, 11) is 0. The molecule has 0 aliphatic rings. The molecule has 0 spiro atoms. The van der Waals surface area contributed by atoms with Gasteiger partial charge >= 0.3 is 0 Å². The van der Waals surface area contributed by atoms with Gasteiger partial charge in [0.1, 0.15) is 0 Å². The van der Waals surface area contributed by atoms with Crippen molar-refractivity contribution in [1.82, 2.24) is 4.98 Å². The highest BCUT2D eigenvalue weighted by atomic mass is 14.9. The third-order valence-electron chi connectivity index (χ3n) is 1.69. The molecule has 0 saturated carbocycles.